The number of aromatic nitrogens is 2. The molecule has 1 aliphatic heterocycles. The van der Waals surface area contributed by atoms with E-state index in [2.05, 4.69) is 9.97 Å². The van der Waals surface area contributed by atoms with Crippen LogP contribution in [0.2, 0.25) is 10.0 Å². The number of ketones is 1. The summed E-state index contributed by atoms with van der Waals surface area (Å²) in [5, 5.41) is 0.751. The van der Waals surface area contributed by atoms with Gasteiger partial charge in [-0.05, 0) is 72.6 Å². The molecule has 0 spiro atoms. The zero-order valence-electron chi connectivity index (χ0n) is 24.1. The van der Waals surface area contributed by atoms with Crippen LogP contribution in [-0.2, 0) is 20.9 Å². The number of nitrogens with one attached hydrogen (secondary N) is 1. The molecule has 10 heteroatoms. The molecule has 1 aliphatic rings. The number of hydrogen-bond acceptors (Lipinski definition) is 6. The van der Waals surface area contributed by atoms with Crippen LogP contribution >= 0.6 is 23.2 Å². The molecule has 2 heterocycles. The summed E-state index contributed by atoms with van der Waals surface area (Å²) >= 11 is 12.6. The summed E-state index contributed by atoms with van der Waals surface area (Å²) in [6, 6.07) is 27.5. The van der Waals surface area contributed by atoms with Gasteiger partial charge >= 0.3 is 5.97 Å². The highest BCUT2D eigenvalue weighted by molar-refractivity contribution is 6.31. The summed E-state index contributed by atoms with van der Waals surface area (Å²) in [5.74, 6) is -5.99. The number of amides is 1. The molecule has 0 saturated carbocycles. The van der Waals surface area contributed by atoms with E-state index in [9.17, 15) is 19.2 Å². The van der Waals surface area contributed by atoms with Gasteiger partial charge in [-0.25, -0.2) is 4.98 Å². The summed E-state index contributed by atoms with van der Waals surface area (Å²) in [7, 11) is 0. The first-order valence-electron chi connectivity index (χ1n) is 14.4. The van der Waals surface area contributed by atoms with Crippen molar-refractivity contribution in [1.82, 2.24) is 9.97 Å². The summed E-state index contributed by atoms with van der Waals surface area (Å²) in [5.41, 5.74) is 2.05. The minimum atomic E-state index is -1.54. The molecule has 0 aliphatic carbocycles. The molecule has 0 bridgehead atoms. The Morgan fingerprint density at radius 1 is 0.911 bits per heavy atom. The van der Waals surface area contributed by atoms with Crippen molar-refractivity contribution >= 4 is 57.6 Å². The van der Waals surface area contributed by atoms with Gasteiger partial charge < -0.3 is 14.6 Å². The predicted molar refractivity (Wildman–Crippen MR) is 173 cm³/mol. The molecule has 1 N–H and O–H groups in total. The van der Waals surface area contributed by atoms with Gasteiger partial charge in [0, 0.05) is 21.3 Å². The number of anilines is 1. The number of fused-ring (bicyclic) bond motifs is 2. The van der Waals surface area contributed by atoms with E-state index in [1.54, 1.807) is 66.4 Å². The number of hydrogen-bond donors (Lipinski definition) is 1. The van der Waals surface area contributed by atoms with Gasteiger partial charge in [0.05, 0.1) is 36.0 Å². The van der Waals surface area contributed by atoms with E-state index in [0.717, 1.165) is 5.56 Å². The Hall–Kier alpha value is -4.79. The monoisotopic (exact) mass is 639 g/mol. The number of Topliss-reactive ketones (excluding diaryl/α,β-unsaturated/α-hetero) is 1. The first kappa shape index (κ1) is 30.2. The number of benzene rings is 4. The van der Waals surface area contributed by atoms with E-state index in [1.807, 2.05) is 30.3 Å². The maximum absolute atomic E-state index is 14.7. The van der Waals surface area contributed by atoms with E-state index in [0.29, 0.717) is 32.3 Å². The largest absolute Gasteiger partial charge is 0.465 e. The first-order chi connectivity index (χ1) is 21.8. The summed E-state index contributed by atoms with van der Waals surface area (Å²) in [6.07, 6.45) is 0. The number of H-pyrrole nitrogens is 1. The highest BCUT2D eigenvalue weighted by atomic mass is 35.5. The van der Waals surface area contributed by atoms with Crippen molar-refractivity contribution in [2.24, 2.45) is 5.92 Å². The van der Waals surface area contributed by atoms with Gasteiger partial charge in [-0.1, -0.05) is 65.7 Å². The first-order valence-corrected chi connectivity index (χ1v) is 15.1. The Labute approximate surface area is 268 Å². The molecular weight excluding hydrogens is 613 g/mol. The highest BCUT2D eigenvalue weighted by Crippen LogP contribution is 2.48. The van der Waals surface area contributed by atoms with Crippen molar-refractivity contribution in [1.29, 1.82) is 0 Å². The van der Waals surface area contributed by atoms with Gasteiger partial charge in [-0.3, -0.25) is 19.2 Å². The maximum atomic E-state index is 14.7. The molecule has 3 unspecified atom stereocenters. The van der Waals surface area contributed by atoms with Gasteiger partial charge in [0.15, 0.2) is 5.78 Å². The second-order valence-electron chi connectivity index (χ2n) is 10.7. The number of aromatic amines is 1. The van der Waals surface area contributed by atoms with Crippen LogP contribution in [0.3, 0.4) is 0 Å². The van der Waals surface area contributed by atoms with Crippen LogP contribution in [0.15, 0.2) is 102 Å². The van der Waals surface area contributed by atoms with Crippen molar-refractivity contribution < 1.29 is 19.1 Å². The van der Waals surface area contributed by atoms with Gasteiger partial charge in [-0.15, -0.1) is 0 Å². The van der Waals surface area contributed by atoms with Gasteiger partial charge in [-0.2, -0.15) is 0 Å². The van der Waals surface area contributed by atoms with E-state index in [-0.39, 0.29) is 24.4 Å². The third-order valence-corrected chi connectivity index (χ3v) is 8.43. The van der Waals surface area contributed by atoms with Crippen molar-refractivity contribution in [3.8, 4) is 0 Å². The fraction of sp³-hybridized carbons (Fsp3) is 0.171. The number of rotatable bonds is 9. The van der Waals surface area contributed by atoms with Crippen molar-refractivity contribution in [3.63, 3.8) is 0 Å². The van der Waals surface area contributed by atoms with Gasteiger partial charge in [0.2, 0.25) is 5.91 Å². The zero-order chi connectivity index (χ0) is 31.7. The fourth-order valence-electron chi connectivity index (χ4n) is 5.93. The molecule has 0 saturated heterocycles. The Bertz CT molecular complexity index is 1980. The molecule has 0 fully saturated rings. The molecule has 8 nitrogen and oxygen atoms in total. The molecule has 5 aromatic rings. The third kappa shape index (κ3) is 5.87. The summed E-state index contributed by atoms with van der Waals surface area (Å²) in [4.78, 5) is 65.7. The Morgan fingerprint density at radius 3 is 2.33 bits per heavy atom. The number of carbonyl (C=O) groups is 3. The average Bonchev–Trinajstić information content (AvgIpc) is 3.29. The predicted octanol–water partition coefficient (Wildman–Crippen LogP) is 6.71. The van der Waals surface area contributed by atoms with E-state index < -0.39 is 41.0 Å². The number of carbonyl (C=O) groups excluding carboxylic acids is 3. The van der Waals surface area contributed by atoms with Crippen LogP contribution in [0.4, 0.5) is 5.69 Å². The molecule has 3 atom stereocenters. The van der Waals surface area contributed by atoms with E-state index in [4.69, 9.17) is 27.9 Å². The molecule has 45 heavy (non-hydrogen) atoms. The summed E-state index contributed by atoms with van der Waals surface area (Å²) in [6.45, 7) is 1.82. The van der Waals surface area contributed by atoms with E-state index >= 15 is 0 Å². The molecule has 0 radical (unpaired) electrons. The van der Waals surface area contributed by atoms with Crippen LogP contribution < -0.4 is 10.5 Å². The summed E-state index contributed by atoms with van der Waals surface area (Å²) < 4.78 is 5.48. The van der Waals surface area contributed by atoms with Crippen molar-refractivity contribution in [2.45, 2.75) is 25.3 Å². The highest BCUT2D eigenvalue weighted by Gasteiger charge is 2.51. The molecule has 4 aromatic carbocycles. The Balaban J connectivity index is 1.59. The van der Waals surface area contributed by atoms with Crippen LogP contribution in [0.1, 0.15) is 45.9 Å². The number of nitrogens with zero attached hydrogens (tertiary/aromatic N) is 2. The number of ether oxygens (including phenoxy) is 1. The molecule has 226 valence electrons. The number of esters is 1. The third-order valence-electron chi connectivity index (χ3n) is 7.94. The minimum absolute atomic E-state index is 0.0240. The zero-order valence-corrected chi connectivity index (χ0v) is 25.6. The lowest BCUT2D eigenvalue weighted by molar-refractivity contribution is -0.146. The average molecular weight is 641 g/mol. The molecule has 1 amide bonds. The standard InChI is InChI=1S/C35H27Cl2N3O5/c1-2-45-35(44)30(31-33(42)39-26-11-7-6-10-25(26)38-31)29(32(41)21-12-14-22(36)15-13-21)28-24-18-23(37)16-17-27(24)40(34(28)43)19-20-8-4-3-5-9-20/h3-18,28-30H,2,19H2,1H3,(H,39,42). The molecular formula is C35H27Cl2N3O5. The SMILES string of the molecule is CCOC(=O)C(c1nc2ccccc2[nH]c1=O)C(C(=O)c1ccc(Cl)cc1)C1C(=O)N(Cc2ccccc2)c2ccc(Cl)cc21. The molecule has 1 aromatic heterocycles. The quantitative estimate of drug-likeness (QED) is 0.142. The van der Waals surface area contributed by atoms with Gasteiger partial charge in [0.1, 0.15) is 11.6 Å². The van der Waals surface area contributed by atoms with Crippen molar-refractivity contribution in [3.05, 3.63) is 140 Å². The smallest absolute Gasteiger partial charge is 0.316 e. The number of para-hydroxylation sites is 2. The fourth-order valence-corrected chi connectivity index (χ4v) is 6.24. The Kier molecular flexibility index (Phi) is 8.52. The topological polar surface area (TPSA) is 109 Å². The second-order valence-corrected chi connectivity index (χ2v) is 11.6. The van der Waals surface area contributed by atoms with E-state index in [1.165, 1.54) is 12.1 Å². The lowest BCUT2D eigenvalue weighted by atomic mass is 9.73. The lowest BCUT2D eigenvalue weighted by Crippen LogP contribution is -2.41. The number of halogens is 2. The van der Waals surface area contributed by atoms with Crippen LogP contribution in [0, 0.1) is 5.92 Å². The second kappa shape index (κ2) is 12.7. The van der Waals surface area contributed by atoms with Crippen LogP contribution in [0.25, 0.3) is 11.0 Å². The van der Waals surface area contributed by atoms with Crippen molar-refractivity contribution in [2.75, 3.05) is 11.5 Å². The Morgan fingerprint density at radius 2 is 1.60 bits per heavy atom. The van der Waals surface area contributed by atoms with Crippen LogP contribution in [0.5, 0.6) is 0 Å². The normalized spacial score (nSPS) is 15.5. The maximum Gasteiger partial charge on any atom is 0.316 e. The molecule has 6 rings (SSSR count). The van der Waals surface area contributed by atoms with Crippen LogP contribution in [-0.4, -0.2) is 34.2 Å². The minimum Gasteiger partial charge on any atom is -0.465 e. The van der Waals surface area contributed by atoms with Gasteiger partial charge in [0.25, 0.3) is 5.56 Å². The lowest BCUT2D eigenvalue weighted by Gasteiger charge is -2.29.